The zero-order chi connectivity index (χ0) is 22.1. The molecule has 1 aliphatic heterocycles. The van der Waals surface area contributed by atoms with Crippen molar-refractivity contribution < 1.29 is 14.0 Å². The Morgan fingerprint density at radius 3 is 2.69 bits per heavy atom. The Morgan fingerprint density at radius 2 is 1.91 bits per heavy atom. The van der Waals surface area contributed by atoms with Crippen molar-refractivity contribution in [2.45, 2.75) is 30.2 Å². The lowest BCUT2D eigenvalue weighted by atomic mass is 9.88. The molecule has 0 saturated carbocycles. The fourth-order valence-electron chi connectivity index (χ4n) is 4.27. The van der Waals surface area contributed by atoms with Crippen LogP contribution in [0.4, 0.5) is 11.4 Å². The molecule has 2 aliphatic rings. The first kappa shape index (κ1) is 20.9. The predicted molar refractivity (Wildman–Crippen MR) is 127 cm³/mol. The molecular weight excluding hydrogens is 444 g/mol. The standard InChI is InChI=1S/C25H21ClN2O3S/c26-16-10-12-17(13-11-16)32-15-23(30)28-20-7-2-1-5-18(20)27-19-6-3-8-21(29)24(19)25(28)22-9-4-14-31-22/h1-2,4-5,7,9-14,25,27H,3,6,8,15H2/t25-/m1/s1. The van der Waals surface area contributed by atoms with Crippen LogP contribution in [0.5, 0.6) is 0 Å². The van der Waals surface area contributed by atoms with Gasteiger partial charge in [0.1, 0.15) is 11.8 Å². The van der Waals surface area contributed by atoms with E-state index >= 15 is 0 Å². The molecule has 5 nitrogen and oxygen atoms in total. The Kier molecular flexibility index (Phi) is 5.81. The third-order valence-corrected chi connectivity index (χ3v) is 6.94. The second kappa shape index (κ2) is 8.88. The van der Waals surface area contributed by atoms with Crippen LogP contribution < -0.4 is 10.2 Å². The maximum Gasteiger partial charge on any atom is 0.238 e. The Morgan fingerprint density at radius 1 is 1.09 bits per heavy atom. The van der Waals surface area contributed by atoms with Crippen LogP contribution in [0.3, 0.4) is 0 Å². The van der Waals surface area contributed by atoms with E-state index in [1.807, 2.05) is 54.6 Å². The zero-order valence-electron chi connectivity index (χ0n) is 17.2. The molecule has 1 atom stereocenters. The van der Waals surface area contributed by atoms with E-state index in [9.17, 15) is 9.59 Å². The van der Waals surface area contributed by atoms with Crippen LogP contribution in [0.15, 0.2) is 87.5 Å². The summed E-state index contributed by atoms with van der Waals surface area (Å²) in [6, 6.07) is 18.1. The minimum Gasteiger partial charge on any atom is -0.467 e. The van der Waals surface area contributed by atoms with Crippen LogP contribution in [-0.2, 0) is 9.59 Å². The van der Waals surface area contributed by atoms with Gasteiger partial charge in [0.25, 0.3) is 0 Å². The third-order valence-electron chi connectivity index (χ3n) is 5.69. The number of hydrogen-bond donors (Lipinski definition) is 1. The number of furan rings is 1. The van der Waals surface area contributed by atoms with Crippen molar-refractivity contribution in [2.24, 2.45) is 0 Å². The highest BCUT2D eigenvalue weighted by atomic mass is 35.5. The molecule has 3 aromatic rings. The fraction of sp³-hybridized carbons (Fsp3) is 0.200. The Balaban J connectivity index is 1.58. The highest BCUT2D eigenvalue weighted by Gasteiger charge is 2.40. The molecule has 0 bridgehead atoms. The molecule has 32 heavy (non-hydrogen) atoms. The number of halogens is 1. The van der Waals surface area contributed by atoms with Crippen molar-refractivity contribution in [1.29, 1.82) is 0 Å². The monoisotopic (exact) mass is 464 g/mol. The largest absolute Gasteiger partial charge is 0.467 e. The van der Waals surface area contributed by atoms with Gasteiger partial charge in [0.15, 0.2) is 5.78 Å². The van der Waals surface area contributed by atoms with Gasteiger partial charge in [0.05, 0.1) is 23.4 Å². The SMILES string of the molecule is O=C1CCCC2=C1[C@@H](c1ccco1)N(C(=O)CSc1ccc(Cl)cc1)c1ccccc1N2. The van der Waals surface area contributed by atoms with E-state index in [0.717, 1.165) is 34.8 Å². The predicted octanol–water partition coefficient (Wildman–Crippen LogP) is 6.23. The quantitative estimate of drug-likeness (QED) is 0.463. The lowest BCUT2D eigenvalue weighted by molar-refractivity contribution is -0.117. The number of Topliss-reactive ketones (excluding diaryl/α,β-unsaturated/α-hetero) is 1. The van der Waals surface area contributed by atoms with Crippen LogP contribution in [0, 0.1) is 0 Å². The number of anilines is 2. The first-order valence-electron chi connectivity index (χ1n) is 10.5. The molecular formula is C25H21ClN2O3S. The number of nitrogens with zero attached hydrogens (tertiary/aromatic N) is 1. The number of para-hydroxylation sites is 2. The van der Waals surface area contributed by atoms with Crippen LogP contribution in [0.2, 0.25) is 5.02 Å². The molecule has 1 amide bonds. The molecule has 1 aromatic heterocycles. The molecule has 0 spiro atoms. The summed E-state index contributed by atoms with van der Waals surface area (Å²) in [5.41, 5.74) is 3.04. The summed E-state index contributed by atoms with van der Waals surface area (Å²) in [5.74, 6) is 0.740. The Bertz CT molecular complexity index is 1190. The normalized spacial score (nSPS) is 18.0. The lowest BCUT2D eigenvalue weighted by Gasteiger charge is -2.32. The van der Waals surface area contributed by atoms with Crippen molar-refractivity contribution in [2.75, 3.05) is 16.0 Å². The topological polar surface area (TPSA) is 62.6 Å². The van der Waals surface area contributed by atoms with Crippen LogP contribution in [0.25, 0.3) is 0 Å². The number of carbonyl (C=O) groups excluding carboxylic acids is 2. The Labute approximate surface area is 195 Å². The molecule has 0 fully saturated rings. The number of benzene rings is 2. The minimum absolute atomic E-state index is 0.0520. The summed E-state index contributed by atoms with van der Waals surface area (Å²) < 4.78 is 5.77. The average molecular weight is 465 g/mol. The molecule has 0 radical (unpaired) electrons. The first-order valence-corrected chi connectivity index (χ1v) is 11.8. The number of fused-ring (bicyclic) bond motifs is 1. The van der Waals surface area contributed by atoms with E-state index in [1.54, 1.807) is 17.2 Å². The molecule has 2 heterocycles. The maximum absolute atomic E-state index is 13.7. The molecule has 5 rings (SSSR count). The van der Waals surface area contributed by atoms with Gasteiger partial charge >= 0.3 is 0 Å². The van der Waals surface area contributed by atoms with Crippen molar-refractivity contribution in [1.82, 2.24) is 0 Å². The van der Waals surface area contributed by atoms with Crippen molar-refractivity contribution >= 4 is 46.4 Å². The summed E-state index contributed by atoms with van der Waals surface area (Å²) in [5, 5.41) is 4.10. The first-order chi connectivity index (χ1) is 15.6. The summed E-state index contributed by atoms with van der Waals surface area (Å²) in [7, 11) is 0. The summed E-state index contributed by atoms with van der Waals surface area (Å²) >= 11 is 7.43. The second-order valence-electron chi connectivity index (χ2n) is 7.74. The van der Waals surface area contributed by atoms with E-state index in [-0.39, 0.29) is 17.4 Å². The van der Waals surface area contributed by atoms with Gasteiger partial charge in [-0.05, 0) is 61.4 Å². The van der Waals surface area contributed by atoms with Gasteiger partial charge < -0.3 is 9.73 Å². The number of ketones is 1. The molecule has 1 aliphatic carbocycles. The van der Waals surface area contributed by atoms with Crippen molar-refractivity contribution in [3.05, 3.63) is 89.0 Å². The van der Waals surface area contributed by atoms with E-state index < -0.39 is 6.04 Å². The van der Waals surface area contributed by atoms with E-state index in [2.05, 4.69) is 5.32 Å². The molecule has 0 unspecified atom stereocenters. The number of amides is 1. The molecule has 1 N–H and O–H groups in total. The molecule has 7 heteroatoms. The van der Waals surface area contributed by atoms with E-state index in [4.69, 9.17) is 16.0 Å². The number of carbonyl (C=O) groups is 2. The third kappa shape index (κ3) is 3.96. The zero-order valence-corrected chi connectivity index (χ0v) is 18.8. The highest BCUT2D eigenvalue weighted by Crippen LogP contribution is 2.45. The number of hydrogen-bond acceptors (Lipinski definition) is 5. The lowest BCUT2D eigenvalue weighted by Crippen LogP contribution is -2.38. The van der Waals surface area contributed by atoms with Crippen molar-refractivity contribution in [3.63, 3.8) is 0 Å². The highest BCUT2D eigenvalue weighted by molar-refractivity contribution is 8.00. The minimum atomic E-state index is -0.609. The van der Waals surface area contributed by atoms with Gasteiger partial charge in [-0.3, -0.25) is 14.5 Å². The molecule has 0 saturated heterocycles. The van der Waals surface area contributed by atoms with Gasteiger partial charge in [-0.1, -0.05) is 23.7 Å². The van der Waals surface area contributed by atoms with Crippen molar-refractivity contribution in [3.8, 4) is 0 Å². The smallest absolute Gasteiger partial charge is 0.238 e. The number of allylic oxidation sites excluding steroid dienone is 1. The molecule has 2 aromatic carbocycles. The molecule has 162 valence electrons. The van der Waals surface area contributed by atoms with E-state index in [0.29, 0.717) is 22.8 Å². The summed E-state index contributed by atoms with van der Waals surface area (Å²) in [4.78, 5) is 29.5. The second-order valence-corrected chi connectivity index (χ2v) is 9.22. The number of nitrogens with one attached hydrogen (secondary N) is 1. The van der Waals surface area contributed by atoms with Crippen LogP contribution in [0.1, 0.15) is 31.1 Å². The van der Waals surface area contributed by atoms with Gasteiger partial charge in [-0.2, -0.15) is 0 Å². The van der Waals surface area contributed by atoms with Gasteiger partial charge in [-0.15, -0.1) is 11.8 Å². The van der Waals surface area contributed by atoms with Gasteiger partial charge in [-0.25, -0.2) is 0 Å². The summed E-state index contributed by atoms with van der Waals surface area (Å²) in [6.07, 6.45) is 3.60. The Hall–Kier alpha value is -2.96. The van der Waals surface area contributed by atoms with E-state index in [1.165, 1.54) is 11.8 Å². The van der Waals surface area contributed by atoms with Crippen LogP contribution in [-0.4, -0.2) is 17.4 Å². The number of thioether (sulfide) groups is 1. The summed E-state index contributed by atoms with van der Waals surface area (Å²) in [6.45, 7) is 0. The number of rotatable bonds is 4. The van der Waals surface area contributed by atoms with Gasteiger partial charge in [0.2, 0.25) is 5.91 Å². The maximum atomic E-state index is 13.7. The van der Waals surface area contributed by atoms with Crippen LogP contribution >= 0.6 is 23.4 Å². The van der Waals surface area contributed by atoms with Gasteiger partial charge in [0, 0.05) is 27.6 Å². The fourth-order valence-corrected chi connectivity index (χ4v) is 5.15. The average Bonchev–Trinajstić information content (AvgIpc) is 3.28.